The van der Waals surface area contributed by atoms with E-state index in [9.17, 15) is 18.8 Å². The number of halogens is 1. The molecule has 2 amide bonds. The summed E-state index contributed by atoms with van der Waals surface area (Å²) in [5.41, 5.74) is 0.398. The summed E-state index contributed by atoms with van der Waals surface area (Å²) in [6, 6.07) is 18.0. The van der Waals surface area contributed by atoms with Gasteiger partial charge < -0.3 is 9.32 Å². The molecule has 7 rings (SSSR count). The van der Waals surface area contributed by atoms with Gasteiger partial charge in [-0.25, -0.2) is 4.39 Å². The highest BCUT2D eigenvalue weighted by molar-refractivity contribution is 7.15. The number of amides is 2. The second-order valence-corrected chi connectivity index (χ2v) is 10.8. The van der Waals surface area contributed by atoms with Crippen LogP contribution in [0.1, 0.15) is 37.8 Å². The Morgan fingerprint density at radius 2 is 1.74 bits per heavy atom. The Hall–Kier alpha value is -4.70. The Balaban J connectivity index is 1.56. The summed E-state index contributed by atoms with van der Waals surface area (Å²) in [6.07, 6.45) is 0. The molecule has 4 heterocycles. The summed E-state index contributed by atoms with van der Waals surface area (Å²) in [4.78, 5) is 45.9. The molecule has 0 saturated carbocycles. The maximum absolute atomic E-state index is 14.7. The first-order valence-electron chi connectivity index (χ1n) is 12.2. The molecule has 3 aromatic carbocycles. The number of aromatic nitrogens is 2. The van der Waals surface area contributed by atoms with Gasteiger partial charge in [0.15, 0.2) is 11.0 Å². The van der Waals surface area contributed by atoms with Crippen LogP contribution in [-0.4, -0.2) is 22.0 Å². The van der Waals surface area contributed by atoms with Crippen LogP contribution in [0, 0.1) is 19.7 Å². The third-order valence-electron chi connectivity index (χ3n) is 7.24. The number of para-hydroxylation sites is 1. The number of rotatable bonds is 3. The Morgan fingerprint density at radius 1 is 0.974 bits per heavy atom. The first-order chi connectivity index (χ1) is 18.8. The first-order valence-corrected chi connectivity index (χ1v) is 13.0. The Bertz CT molecular complexity index is 1920. The summed E-state index contributed by atoms with van der Waals surface area (Å²) in [7, 11) is 0. The SMILES string of the molecule is Cc1ccc2oc3c(c(=O)c2c1)C1(C(=O)N(Cc2ccc(F)cc2)c2ccccc21)N(c1nnc(C)s1)C3=O. The summed E-state index contributed by atoms with van der Waals surface area (Å²) >= 11 is 1.14. The van der Waals surface area contributed by atoms with Gasteiger partial charge in [-0.3, -0.25) is 19.3 Å². The number of nitrogens with zero attached hydrogens (tertiary/aromatic N) is 4. The minimum Gasteiger partial charge on any atom is -0.450 e. The second kappa shape index (κ2) is 8.15. The van der Waals surface area contributed by atoms with Crippen LogP contribution >= 0.6 is 11.3 Å². The fourth-order valence-corrected chi connectivity index (χ4v) is 6.32. The number of aryl methyl sites for hydroxylation is 2. The van der Waals surface area contributed by atoms with Gasteiger partial charge in [-0.2, -0.15) is 0 Å². The lowest BCUT2D eigenvalue weighted by atomic mass is 9.84. The standard InChI is InChI=1S/C29H19FN4O4S/c1-15-7-12-22-19(13-15)24(35)23-25(38-22)26(36)34(28-32-31-16(2)39-28)29(23)20-5-3-4-6-21(20)33(27(29)37)14-17-8-10-18(30)11-9-17/h3-13H,14H2,1-2H3. The average molecular weight is 539 g/mol. The maximum Gasteiger partial charge on any atom is 0.297 e. The van der Waals surface area contributed by atoms with Crippen molar-refractivity contribution < 1.29 is 18.4 Å². The van der Waals surface area contributed by atoms with Gasteiger partial charge in [0.05, 0.1) is 23.2 Å². The lowest BCUT2D eigenvalue weighted by Crippen LogP contribution is -2.53. The molecule has 192 valence electrons. The van der Waals surface area contributed by atoms with Gasteiger partial charge in [0.2, 0.25) is 10.9 Å². The third-order valence-corrected chi connectivity index (χ3v) is 8.06. The lowest BCUT2D eigenvalue weighted by Gasteiger charge is -2.32. The van der Waals surface area contributed by atoms with Crippen LogP contribution in [-0.2, 0) is 16.9 Å². The van der Waals surface area contributed by atoms with E-state index in [1.165, 1.54) is 21.9 Å². The molecule has 1 spiro atoms. The number of hydrogen-bond donors (Lipinski definition) is 0. The monoisotopic (exact) mass is 538 g/mol. The number of anilines is 2. The van der Waals surface area contributed by atoms with E-state index in [2.05, 4.69) is 10.2 Å². The van der Waals surface area contributed by atoms with Gasteiger partial charge in [-0.15, -0.1) is 10.2 Å². The smallest absolute Gasteiger partial charge is 0.297 e. The quantitative estimate of drug-likeness (QED) is 0.326. The Labute approximate surface area is 224 Å². The topological polar surface area (TPSA) is 96.6 Å². The summed E-state index contributed by atoms with van der Waals surface area (Å²) < 4.78 is 19.7. The maximum atomic E-state index is 14.7. The molecule has 0 N–H and O–H groups in total. The van der Waals surface area contributed by atoms with Crippen LogP contribution in [0.15, 0.2) is 75.9 Å². The lowest BCUT2D eigenvalue weighted by molar-refractivity contribution is -0.121. The van der Waals surface area contributed by atoms with Crippen molar-refractivity contribution in [2.75, 3.05) is 9.80 Å². The summed E-state index contributed by atoms with van der Waals surface area (Å²) in [5, 5.41) is 9.33. The van der Waals surface area contributed by atoms with Crippen molar-refractivity contribution in [1.82, 2.24) is 10.2 Å². The predicted molar refractivity (Wildman–Crippen MR) is 143 cm³/mol. The van der Waals surface area contributed by atoms with Crippen molar-refractivity contribution in [1.29, 1.82) is 0 Å². The second-order valence-electron chi connectivity index (χ2n) is 9.62. The van der Waals surface area contributed by atoms with Crippen molar-refractivity contribution in [3.63, 3.8) is 0 Å². The molecular weight excluding hydrogens is 519 g/mol. The van der Waals surface area contributed by atoms with Crippen molar-refractivity contribution in [2.45, 2.75) is 25.9 Å². The average Bonchev–Trinajstić information content (AvgIpc) is 3.54. The van der Waals surface area contributed by atoms with E-state index >= 15 is 0 Å². The number of carbonyl (C=O) groups excluding carboxylic acids is 2. The van der Waals surface area contributed by atoms with Gasteiger partial charge in [0.25, 0.3) is 11.8 Å². The van der Waals surface area contributed by atoms with Crippen LogP contribution in [0.5, 0.6) is 0 Å². The van der Waals surface area contributed by atoms with Gasteiger partial charge in [0.1, 0.15) is 16.4 Å². The van der Waals surface area contributed by atoms with E-state index in [0.717, 1.165) is 16.9 Å². The van der Waals surface area contributed by atoms with Crippen LogP contribution in [0.25, 0.3) is 11.0 Å². The number of benzene rings is 3. The highest BCUT2D eigenvalue weighted by atomic mass is 32.1. The summed E-state index contributed by atoms with van der Waals surface area (Å²) in [6.45, 7) is 3.69. The fraction of sp³-hybridized carbons (Fsp3) is 0.138. The van der Waals surface area contributed by atoms with Crippen LogP contribution in [0.3, 0.4) is 0 Å². The van der Waals surface area contributed by atoms with Crippen molar-refractivity contribution in [3.8, 4) is 0 Å². The molecular formula is C29H19FN4O4S. The zero-order chi connectivity index (χ0) is 27.1. The molecule has 2 aliphatic rings. The molecule has 0 fully saturated rings. The van der Waals surface area contributed by atoms with E-state index < -0.39 is 28.6 Å². The van der Waals surface area contributed by atoms with Crippen molar-refractivity contribution >= 4 is 44.9 Å². The van der Waals surface area contributed by atoms with Crippen LogP contribution < -0.4 is 15.2 Å². The zero-order valence-corrected chi connectivity index (χ0v) is 21.6. The van der Waals surface area contributed by atoms with E-state index in [1.54, 1.807) is 61.5 Å². The first kappa shape index (κ1) is 23.4. The van der Waals surface area contributed by atoms with Gasteiger partial charge in [0, 0.05) is 5.56 Å². The largest absolute Gasteiger partial charge is 0.450 e. The Kier molecular flexibility index (Phi) is 4.89. The van der Waals surface area contributed by atoms with E-state index in [0.29, 0.717) is 21.8 Å². The van der Waals surface area contributed by atoms with Crippen LogP contribution in [0.2, 0.25) is 0 Å². The van der Waals surface area contributed by atoms with E-state index in [4.69, 9.17) is 4.42 Å². The van der Waals surface area contributed by atoms with Gasteiger partial charge in [-0.1, -0.05) is 53.3 Å². The Morgan fingerprint density at radius 3 is 2.49 bits per heavy atom. The number of fused-ring (bicyclic) bond motifs is 5. The molecule has 0 bridgehead atoms. The molecule has 10 heteroatoms. The van der Waals surface area contributed by atoms with Gasteiger partial charge in [-0.05, 0) is 49.7 Å². The zero-order valence-electron chi connectivity index (χ0n) is 20.8. The van der Waals surface area contributed by atoms with Crippen molar-refractivity contribution in [3.05, 3.63) is 116 Å². The number of hydrogen-bond acceptors (Lipinski definition) is 7. The van der Waals surface area contributed by atoms with Crippen molar-refractivity contribution in [2.24, 2.45) is 0 Å². The minimum atomic E-state index is -1.85. The number of carbonyl (C=O) groups is 2. The molecule has 5 aromatic rings. The summed E-state index contributed by atoms with van der Waals surface area (Å²) in [5.74, 6) is -1.74. The normalized spacial score (nSPS) is 17.9. The molecule has 1 atom stereocenters. The molecule has 39 heavy (non-hydrogen) atoms. The molecule has 0 saturated heterocycles. The van der Waals surface area contributed by atoms with Crippen LogP contribution in [0.4, 0.5) is 15.2 Å². The van der Waals surface area contributed by atoms with E-state index in [1.807, 2.05) is 6.92 Å². The molecule has 0 aliphatic carbocycles. The van der Waals surface area contributed by atoms with Gasteiger partial charge >= 0.3 is 0 Å². The fourth-order valence-electron chi connectivity index (χ4n) is 5.58. The molecule has 1 unspecified atom stereocenters. The predicted octanol–water partition coefficient (Wildman–Crippen LogP) is 4.85. The minimum absolute atomic E-state index is 0.0440. The third kappa shape index (κ3) is 3.12. The molecule has 8 nitrogen and oxygen atoms in total. The molecule has 0 radical (unpaired) electrons. The molecule has 2 aliphatic heterocycles. The van der Waals surface area contributed by atoms with E-state index in [-0.39, 0.29) is 34.0 Å². The highest BCUT2D eigenvalue weighted by Gasteiger charge is 2.66. The highest BCUT2D eigenvalue weighted by Crippen LogP contribution is 2.54. The molecule has 2 aromatic heterocycles.